The highest BCUT2D eigenvalue weighted by Gasteiger charge is 2.32. The molecule has 0 fully saturated rings. The third-order valence-corrected chi connectivity index (χ3v) is 3.39. The number of ether oxygens (including phenoxy) is 2. The number of carbonyl (C=O) groups is 1. The highest BCUT2D eigenvalue weighted by molar-refractivity contribution is 5.96. The van der Waals surface area contributed by atoms with Gasteiger partial charge in [0.15, 0.2) is 0 Å². The standard InChI is InChI=1S/C15H24N2O3/c1-5-6-7-10-15(2,20-4)14(18)17-12-8-9-13(19-3)16-11-12/h8-9,11H,5-7,10H2,1-4H3,(H,17,18)/t15-/m0/s1. The second-order valence-corrected chi connectivity index (χ2v) is 4.94. The molecular formula is C15H24N2O3. The first-order valence-electron chi connectivity index (χ1n) is 6.92. The second-order valence-electron chi connectivity index (χ2n) is 4.94. The number of anilines is 1. The minimum atomic E-state index is -0.810. The van der Waals surface area contributed by atoms with Crippen molar-refractivity contribution in [3.63, 3.8) is 0 Å². The number of carbonyl (C=O) groups excluding carboxylic acids is 1. The summed E-state index contributed by atoms with van der Waals surface area (Å²) in [6.07, 6.45) is 5.45. The molecule has 1 aromatic rings. The molecule has 0 aromatic carbocycles. The molecule has 0 bridgehead atoms. The predicted molar refractivity (Wildman–Crippen MR) is 79.0 cm³/mol. The zero-order valence-electron chi connectivity index (χ0n) is 12.7. The normalized spacial score (nSPS) is 13.6. The fourth-order valence-corrected chi connectivity index (χ4v) is 1.86. The van der Waals surface area contributed by atoms with E-state index in [2.05, 4.69) is 17.2 Å². The van der Waals surface area contributed by atoms with E-state index in [9.17, 15) is 4.79 Å². The van der Waals surface area contributed by atoms with Crippen LogP contribution in [0.15, 0.2) is 18.3 Å². The molecule has 1 N–H and O–H groups in total. The number of hydrogen-bond acceptors (Lipinski definition) is 4. The van der Waals surface area contributed by atoms with Crippen molar-refractivity contribution < 1.29 is 14.3 Å². The van der Waals surface area contributed by atoms with Gasteiger partial charge in [-0.25, -0.2) is 4.98 Å². The van der Waals surface area contributed by atoms with Crippen molar-refractivity contribution in [2.24, 2.45) is 0 Å². The number of rotatable bonds is 8. The molecule has 5 nitrogen and oxygen atoms in total. The van der Waals surface area contributed by atoms with Gasteiger partial charge < -0.3 is 14.8 Å². The third kappa shape index (κ3) is 4.49. The van der Waals surface area contributed by atoms with Crippen LogP contribution in [0.4, 0.5) is 5.69 Å². The first-order chi connectivity index (χ1) is 9.55. The van der Waals surface area contributed by atoms with Crippen molar-refractivity contribution >= 4 is 11.6 Å². The molecule has 1 atom stereocenters. The molecule has 0 radical (unpaired) electrons. The number of nitrogens with one attached hydrogen (secondary N) is 1. The smallest absolute Gasteiger partial charge is 0.256 e. The summed E-state index contributed by atoms with van der Waals surface area (Å²) in [4.78, 5) is 16.4. The molecule has 1 rings (SSSR count). The topological polar surface area (TPSA) is 60.5 Å². The molecule has 0 saturated heterocycles. The first kappa shape index (κ1) is 16.4. The lowest BCUT2D eigenvalue weighted by atomic mass is 9.97. The van der Waals surface area contributed by atoms with Crippen molar-refractivity contribution in [2.75, 3.05) is 19.5 Å². The van der Waals surface area contributed by atoms with E-state index in [1.54, 1.807) is 32.5 Å². The van der Waals surface area contributed by atoms with Gasteiger partial charge in [0.1, 0.15) is 5.60 Å². The summed E-state index contributed by atoms with van der Waals surface area (Å²) in [7, 11) is 3.12. The van der Waals surface area contributed by atoms with Gasteiger partial charge in [-0.3, -0.25) is 4.79 Å². The van der Waals surface area contributed by atoms with E-state index >= 15 is 0 Å². The summed E-state index contributed by atoms with van der Waals surface area (Å²) < 4.78 is 10.4. The Labute approximate surface area is 120 Å². The maximum absolute atomic E-state index is 12.3. The number of hydrogen-bond donors (Lipinski definition) is 1. The molecule has 5 heteroatoms. The average molecular weight is 280 g/mol. The lowest BCUT2D eigenvalue weighted by molar-refractivity contribution is -0.136. The van der Waals surface area contributed by atoms with Crippen molar-refractivity contribution in [1.29, 1.82) is 0 Å². The number of pyridine rings is 1. The Bertz CT molecular complexity index is 420. The summed E-state index contributed by atoms with van der Waals surface area (Å²) in [6, 6.07) is 3.46. The fourth-order valence-electron chi connectivity index (χ4n) is 1.86. The molecule has 1 heterocycles. The van der Waals surface area contributed by atoms with Crippen molar-refractivity contribution in [1.82, 2.24) is 4.98 Å². The summed E-state index contributed by atoms with van der Waals surface area (Å²) >= 11 is 0. The maximum atomic E-state index is 12.3. The van der Waals surface area contributed by atoms with E-state index in [1.807, 2.05) is 6.92 Å². The molecule has 0 unspecified atom stereocenters. The van der Waals surface area contributed by atoms with Gasteiger partial charge in [0.25, 0.3) is 5.91 Å². The van der Waals surface area contributed by atoms with Gasteiger partial charge in [0.05, 0.1) is 19.0 Å². The van der Waals surface area contributed by atoms with Gasteiger partial charge in [-0.05, 0) is 19.4 Å². The molecule has 1 amide bonds. The quantitative estimate of drug-likeness (QED) is 0.744. The highest BCUT2D eigenvalue weighted by atomic mass is 16.5. The molecule has 0 aliphatic rings. The maximum Gasteiger partial charge on any atom is 0.256 e. The third-order valence-electron chi connectivity index (χ3n) is 3.39. The Kier molecular flexibility index (Phi) is 6.45. The Morgan fingerprint density at radius 1 is 1.35 bits per heavy atom. The van der Waals surface area contributed by atoms with E-state index < -0.39 is 5.60 Å². The monoisotopic (exact) mass is 280 g/mol. The molecular weight excluding hydrogens is 256 g/mol. The number of nitrogens with zero attached hydrogens (tertiary/aromatic N) is 1. The molecule has 0 aliphatic carbocycles. The van der Waals surface area contributed by atoms with Crippen molar-refractivity contribution in [2.45, 2.75) is 45.1 Å². The Hall–Kier alpha value is -1.62. The van der Waals surface area contributed by atoms with E-state index in [-0.39, 0.29) is 5.91 Å². The number of aromatic nitrogens is 1. The van der Waals surface area contributed by atoms with E-state index in [4.69, 9.17) is 9.47 Å². The SMILES string of the molecule is CCCCC[C@](C)(OC)C(=O)Nc1ccc(OC)nc1. The zero-order valence-corrected chi connectivity index (χ0v) is 12.7. The van der Waals surface area contributed by atoms with Crippen LogP contribution in [-0.4, -0.2) is 30.7 Å². The summed E-state index contributed by atoms with van der Waals surface area (Å²) in [5, 5.41) is 2.83. The first-order valence-corrected chi connectivity index (χ1v) is 6.92. The minimum absolute atomic E-state index is 0.150. The molecule has 112 valence electrons. The van der Waals surface area contributed by atoms with Gasteiger partial charge in [-0.15, -0.1) is 0 Å². The zero-order chi connectivity index (χ0) is 15.0. The number of methoxy groups -OCH3 is 2. The average Bonchev–Trinajstić information content (AvgIpc) is 2.48. The fraction of sp³-hybridized carbons (Fsp3) is 0.600. The number of unbranched alkanes of at least 4 members (excludes halogenated alkanes) is 2. The van der Waals surface area contributed by atoms with Gasteiger partial charge in [-0.2, -0.15) is 0 Å². The lowest BCUT2D eigenvalue weighted by Crippen LogP contribution is -2.41. The van der Waals surface area contributed by atoms with Crippen LogP contribution in [0.5, 0.6) is 5.88 Å². The van der Waals surface area contributed by atoms with Crippen LogP contribution >= 0.6 is 0 Å². The van der Waals surface area contributed by atoms with Gasteiger partial charge in [-0.1, -0.05) is 26.2 Å². The van der Waals surface area contributed by atoms with E-state index in [1.165, 1.54) is 0 Å². The van der Waals surface area contributed by atoms with Crippen LogP contribution in [0, 0.1) is 0 Å². The molecule has 20 heavy (non-hydrogen) atoms. The van der Waals surface area contributed by atoms with Crippen LogP contribution in [0.1, 0.15) is 39.5 Å². The predicted octanol–water partition coefficient (Wildman–Crippen LogP) is 3.01. The molecule has 1 aromatic heterocycles. The van der Waals surface area contributed by atoms with Crippen LogP contribution in [0.2, 0.25) is 0 Å². The Morgan fingerprint density at radius 2 is 2.10 bits per heavy atom. The van der Waals surface area contributed by atoms with Crippen LogP contribution in [-0.2, 0) is 9.53 Å². The van der Waals surface area contributed by atoms with Gasteiger partial charge in [0, 0.05) is 13.2 Å². The summed E-state index contributed by atoms with van der Waals surface area (Å²) in [6.45, 7) is 3.95. The number of amides is 1. The summed E-state index contributed by atoms with van der Waals surface area (Å²) in [5.74, 6) is 0.364. The lowest BCUT2D eigenvalue weighted by Gasteiger charge is -2.26. The minimum Gasteiger partial charge on any atom is -0.481 e. The van der Waals surface area contributed by atoms with Crippen LogP contribution in [0.25, 0.3) is 0 Å². The Balaban J connectivity index is 2.65. The molecule has 0 aliphatic heterocycles. The van der Waals surface area contributed by atoms with Crippen molar-refractivity contribution in [3.05, 3.63) is 18.3 Å². The van der Waals surface area contributed by atoms with Crippen LogP contribution < -0.4 is 10.1 Å². The summed E-state index contributed by atoms with van der Waals surface area (Å²) in [5.41, 5.74) is -0.177. The van der Waals surface area contributed by atoms with Gasteiger partial charge in [0.2, 0.25) is 5.88 Å². The largest absolute Gasteiger partial charge is 0.481 e. The molecule has 0 saturated carbocycles. The van der Waals surface area contributed by atoms with Crippen LogP contribution in [0.3, 0.4) is 0 Å². The highest BCUT2D eigenvalue weighted by Crippen LogP contribution is 2.21. The van der Waals surface area contributed by atoms with E-state index in [0.717, 1.165) is 19.3 Å². The van der Waals surface area contributed by atoms with Gasteiger partial charge >= 0.3 is 0 Å². The van der Waals surface area contributed by atoms with Crippen molar-refractivity contribution in [3.8, 4) is 5.88 Å². The Morgan fingerprint density at radius 3 is 2.60 bits per heavy atom. The second kappa shape index (κ2) is 7.85. The molecule has 0 spiro atoms. The van der Waals surface area contributed by atoms with E-state index in [0.29, 0.717) is 18.0 Å².